The fourth-order valence-electron chi connectivity index (χ4n) is 2.69. The minimum atomic E-state index is -0.257. The number of nitrogens with one attached hydrogen (secondary N) is 2. The van der Waals surface area contributed by atoms with Gasteiger partial charge in [0.25, 0.3) is 11.8 Å². The first-order valence-electron chi connectivity index (χ1n) is 9.61. The molecular formula is C23H24N2O4. The number of para-hydroxylation sites is 1. The van der Waals surface area contributed by atoms with Crippen LogP contribution >= 0.6 is 0 Å². The Balaban J connectivity index is 1.59. The lowest BCUT2D eigenvalue weighted by Gasteiger charge is -2.12. The molecule has 0 saturated carbocycles. The van der Waals surface area contributed by atoms with Crippen LogP contribution in [0.3, 0.4) is 0 Å². The van der Waals surface area contributed by atoms with Crippen LogP contribution in [0.4, 0.5) is 5.69 Å². The van der Waals surface area contributed by atoms with Crippen molar-refractivity contribution in [1.29, 1.82) is 0 Å². The topological polar surface area (TPSA) is 80.6 Å². The largest absolute Gasteiger partial charge is 0.493 e. The first-order chi connectivity index (χ1) is 14.2. The van der Waals surface area contributed by atoms with Crippen LogP contribution in [0.5, 0.6) is 5.75 Å². The maximum atomic E-state index is 12.6. The molecule has 0 unspecified atom stereocenters. The first kappa shape index (κ1) is 20.2. The summed E-state index contributed by atoms with van der Waals surface area (Å²) in [5.41, 5.74) is 1.57. The third-order valence-corrected chi connectivity index (χ3v) is 4.30. The second kappa shape index (κ2) is 10.1. The van der Waals surface area contributed by atoms with Gasteiger partial charge in [-0.05, 0) is 55.0 Å². The highest BCUT2D eigenvalue weighted by Gasteiger charge is 2.13. The number of hydrogen-bond acceptors (Lipinski definition) is 4. The minimum Gasteiger partial charge on any atom is -0.493 e. The van der Waals surface area contributed by atoms with Crippen molar-refractivity contribution in [3.63, 3.8) is 0 Å². The number of amides is 2. The summed E-state index contributed by atoms with van der Waals surface area (Å²) in [7, 11) is 0. The number of rotatable bonds is 9. The van der Waals surface area contributed by atoms with E-state index in [1.165, 1.54) is 0 Å². The van der Waals surface area contributed by atoms with E-state index in [1.807, 2.05) is 6.07 Å². The molecule has 0 fully saturated rings. The molecule has 0 bridgehead atoms. The van der Waals surface area contributed by atoms with E-state index in [4.69, 9.17) is 9.15 Å². The third kappa shape index (κ3) is 5.72. The van der Waals surface area contributed by atoms with E-state index in [1.54, 1.807) is 60.9 Å². The molecule has 0 radical (unpaired) electrons. The fourth-order valence-corrected chi connectivity index (χ4v) is 2.69. The zero-order chi connectivity index (χ0) is 20.5. The summed E-state index contributed by atoms with van der Waals surface area (Å²) in [6, 6.07) is 17.4. The molecule has 2 N–H and O–H groups in total. The number of carbonyl (C=O) groups is 2. The van der Waals surface area contributed by atoms with Gasteiger partial charge in [-0.1, -0.05) is 25.5 Å². The van der Waals surface area contributed by atoms with Gasteiger partial charge in [0.15, 0.2) is 0 Å². The molecule has 0 aliphatic carbocycles. The van der Waals surface area contributed by atoms with Crippen LogP contribution in [0.2, 0.25) is 0 Å². The predicted molar refractivity (Wildman–Crippen MR) is 111 cm³/mol. The average Bonchev–Trinajstić information content (AvgIpc) is 3.27. The minimum absolute atomic E-state index is 0.214. The smallest absolute Gasteiger partial charge is 0.259 e. The van der Waals surface area contributed by atoms with Crippen molar-refractivity contribution in [2.75, 3.05) is 11.9 Å². The Morgan fingerprint density at radius 2 is 1.76 bits per heavy atom. The quantitative estimate of drug-likeness (QED) is 0.520. The van der Waals surface area contributed by atoms with Crippen LogP contribution in [0, 0.1) is 0 Å². The van der Waals surface area contributed by atoms with Crippen molar-refractivity contribution in [3.8, 4) is 5.75 Å². The molecule has 0 spiro atoms. The molecule has 3 aromatic rings. The molecule has 0 atom stereocenters. The molecule has 0 aliphatic rings. The highest BCUT2D eigenvalue weighted by molar-refractivity contribution is 6.06. The molecule has 6 heteroatoms. The number of furan rings is 1. The van der Waals surface area contributed by atoms with Crippen molar-refractivity contribution in [1.82, 2.24) is 5.32 Å². The molecule has 2 aromatic carbocycles. The summed E-state index contributed by atoms with van der Waals surface area (Å²) in [6.07, 6.45) is 3.52. The number of ether oxygens (including phenoxy) is 1. The lowest BCUT2D eigenvalue weighted by atomic mass is 10.1. The zero-order valence-corrected chi connectivity index (χ0v) is 16.3. The van der Waals surface area contributed by atoms with Crippen LogP contribution in [-0.2, 0) is 6.54 Å². The second-order valence-electron chi connectivity index (χ2n) is 6.49. The average molecular weight is 392 g/mol. The van der Waals surface area contributed by atoms with Crippen molar-refractivity contribution in [3.05, 3.63) is 83.8 Å². The second-order valence-corrected chi connectivity index (χ2v) is 6.49. The Hall–Kier alpha value is -3.54. The van der Waals surface area contributed by atoms with Crippen molar-refractivity contribution in [2.45, 2.75) is 26.3 Å². The summed E-state index contributed by atoms with van der Waals surface area (Å²) in [6.45, 7) is 2.98. The van der Waals surface area contributed by atoms with E-state index >= 15 is 0 Å². The van der Waals surface area contributed by atoms with Crippen LogP contribution in [0.25, 0.3) is 0 Å². The molecule has 0 saturated heterocycles. The maximum Gasteiger partial charge on any atom is 0.259 e. The third-order valence-electron chi connectivity index (χ3n) is 4.30. The lowest BCUT2D eigenvalue weighted by Crippen LogP contribution is -2.22. The number of benzene rings is 2. The van der Waals surface area contributed by atoms with Crippen LogP contribution in [0.1, 0.15) is 46.2 Å². The summed E-state index contributed by atoms with van der Waals surface area (Å²) >= 11 is 0. The van der Waals surface area contributed by atoms with Crippen molar-refractivity contribution < 1.29 is 18.7 Å². The van der Waals surface area contributed by atoms with Gasteiger partial charge in [0.2, 0.25) is 0 Å². The van der Waals surface area contributed by atoms with E-state index in [0.29, 0.717) is 41.5 Å². The SMILES string of the molecule is CCCCOc1ccccc1C(=O)Nc1ccc(C(=O)NCc2ccco2)cc1. The Morgan fingerprint density at radius 3 is 2.48 bits per heavy atom. The molecular weight excluding hydrogens is 368 g/mol. The van der Waals surface area contributed by atoms with Gasteiger partial charge in [-0.3, -0.25) is 9.59 Å². The van der Waals surface area contributed by atoms with Crippen molar-refractivity contribution >= 4 is 17.5 Å². The van der Waals surface area contributed by atoms with E-state index in [2.05, 4.69) is 17.6 Å². The Labute approximate surface area is 169 Å². The number of carbonyl (C=O) groups excluding carboxylic acids is 2. The predicted octanol–water partition coefficient (Wildman–Crippen LogP) is 4.64. The van der Waals surface area contributed by atoms with E-state index in [0.717, 1.165) is 12.8 Å². The lowest BCUT2D eigenvalue weighted by molar-refractivity contribution is 0.0947. The number of unbranched alkanes of at least 4 members (excludes halogenated alkanes) is 1. The standard InChI is InChI=1S/C23H24N2O4/c1-2-3-14-29-21-9-5-4-8-20(21)23(27)25-18-12-10-17(11-13-18)22(26)24-16-19-7-6-15-28-19/h4-13,15H,2-3,14,16H2,1H3,(H,24,26)(H,25,27). The van der Waals surface area contributed by atoms with Gasteiger partial charge >= 0.3 is 0 Å². The highest BCUT2D eigenvalue weighted by Crippen LogP contribution is 2.20. The van der Waals surface area contributed by atoms with E-state index < -0.39 is 0 Å². The summed E-state index contributed by atoms with van der Waals surface area (Å²) < 4.78 is 10.9. The van der Waals surface area contributed by atoms with Gasteiger partial charge < -0.3 is 19.8 Å². The van der Waals surface area contributed by atoms with E-state index in [-0.39, 0.29) is 11.8 Å². The summed E-state index contributed by atoms with van der Waals surface area (Å²) in [5.74, 6) is 0.774. The fraction of sp³-hybridized carbons (Fsp3) is 0.217. The van der Waals surface area contributed by atoms with Gasteiger partial charge in [0.1, 0.15) is 11.5 Å². The first-order valence-corrected chi connectivity index (χ1v) is 9.61. The Bertz CT molecular complexity index is 934. The van der Waals surface area contributed by atoms with Crippen molar-refractivity contribution in [2.24, 2.45) is 0 Å². The summed E-state index contributed by atoms with van der Waals surface area (Å²) in [4.78, 5) is 24.8. The molecule has 1 heterocycles. The highest BCUT2D eigenvalue weighted by atomic mass is 16.5. The van der Waals surface area contributed by atoms with Gasteiger partial charge in [-0.15, -0.1) is 0 Å². The zero-order valence-electron chi connectivity index (χ0n) is 16.3. The molecule has 29 heavy (non-hydrogen) atoms. The Kier molecular flexibility index (Phi) is 7.05. The monoisotopic (exact) mass is 392 g/mol. The van der Waals surface area contributed by atoms with Gasteiger partial charge in [-0.2, -0.15) is 0 Å². The van der Waals surface area contributed by atoms with Crippen LogP contribution in [0.15, 0.2) is 71.3 Å². The number of hydrogen-bond donors (Lipinski definition) is 2. The van der Waals surface area contributed by atoms with Gasteiger partial charge in [0.05, 0.1) is 25.0 Å². The van der Waals surface area contributed by atoms with Gasteiger partial charge in [0, 0.05) is 11.3 Å². The normalized spacial score (nSPS) is 10.4. The summed E-state index contributed by atoms with van der Waals surface area (Å²) in [5, 5.41) is 5.63. The molecule has 2 amide bonds. The van der Waals surface area contributed by atoms with Gasteiger partial charge in [-0.25, -0.2) is 0 Å². The molecule has 150 valence electrons. The molecule has 6 nitrogen and oxygen atoms in total. The molecule has 0 aliphatic heterocycles. The molecule has 3 rings (SSSR count). The molecule has 1 aromatic heterocycles. The maximum absolute atomic E-state index is 12.6. The van der Waals surface area contributed by atoms with Crippen LogP contribution < -0.4 is 15.4 Å². The van der Waals surface area contributed by atoms with Crippen LogP contribution in [-0.4, -0.2) is 18.4 Å². The number of anilines is 1. The Morgan fingerprint density at radius 1 is 0.966 bits per heavy atom. The van der Waals surface area contributed by atoms with E-state index in [9.17, 15) is 9.59 Å².